The molecule has 0 aliphatic heterocycles. The van der Waals surface area contributed by atoms with Crippen LogP contribution in [0, 0.1) is 0 Å². The molecule has 1 unspecified atom stereocenters. The molecule has 0 aliphatic carbocycles. The monoisotopic (exact) mass is 1090 g/mol. The fourth-order valence-electron chi connectivity index (χ4n) is 10.3. The molecular formula is C72H132O6. The third-order valence-electron chi connectivity index (χ3n) is 15.5. The second-order valence-corrected chi connectivity index (χ2v) is 23.4. The van der Waals surface area contributed by atoms with Crippen LogP contribution in [0.15, 0.2) is 48.6 Å². The van der Waals surface area contributed by atoms with Crippen LogP contribution in [0.3, 0.4) is 0 Å². The van der Waals surface area contributed by atoms with E-state index in [9.17, 15) is 14.4 Å². The summed E-state index contributed by atoms with van der Waals surface area (Å²) in [4.78, 5) is 38.4. The number of esters is 3. The fraction of sp³-hybridized carbons (Fsp3) is 0.847. The summed E-state index contributed by atoms with van der Waals surface area (Å²) in [6.07, 6.45) is 84.2. The number of allylic oxidation sites excluding steroid dienone is 8. The van der Waals surface area contributed by atoms with Crippen molar-refractivity contribution in [2.24, 2.45) is 0 Å². The van der Waals surface area contributed by atoms with Crippen LogP contribution in [0.1, 0.15) is 374 Å². The molecule has 0 N–H and O–H groups in total. The van der Waals surface area contributed by atoms with Gasteiger partial charge in [-0.15, -0.1) is 0 Å². The van der Waals surface area contributed by atoms with Crippen LogP contribution < -0.4 is 0 Å². The topological polar surface area (TPSA) is 78.9 Å². The van der Waals surface area contributed by atoms with Crippen LogP contribution in [0.2, 0.25) is 0 Å². The Labute approximate surface area is 486 Å². The summed E-state index contributed by atoms with van der Waals surface area (Å²) >= 11 is 0. The minimum Gasteiger partial charge on any atom is -0.462 e. The van der Waals surface area contributed by atoms with E-state index in [-0.39, 0.29) is 31.1 Å². The zero-order chi connectivity index (χ0) is 56.4. The van der Waals surface area contributed by atoms with Crippen molar-refractivity contribution in [2.75, 3.05) is 13.2 Å². The van der Waals surface area contributed by atoms with Gasteiger partial charge in [-0.05, 0) is 103 Å². The van der Waals surface area contributed by atoms with Crippen molar-refractivity contribution in [2.45, 2.75) is 380 Å². The third kappa shape index (κ3) is 64.2. The average Bonchev–Trinajstić information content (AvgIpc) is 3.44. The smallest absolute Gasteiger partial charge is 0.306 e. The molecule has 0 saturated carbocycles. The highest BCUT2D eigenvalue weighted by atomic mass is 16.6. The third-order valence-corrected chi connectivity index (χ3v) is 15.5. The standard InChI is InChI=1S/C72H132O6/c1-4-7-10-13-16-19-22-25-28-30-31-32-33-34-35-36-37-38-39-40-41-43-44-47-50-53-56-59-62-65-71(74)77-68-69(67-76-70(73)64-61-58-55-52-49-46-27-24-21-18-15-12-9-6-3)78-72(75)66-63-60-57-54-51-48-45-42-29-26-23-20-17-14-11-8-5-2/h22,24-27,29-31,69H,4-21,23,28,32-68H2,1-3H3/b25-22-,27-24-,29-26-,31-30-. The summed E-state index contributed by atoms with van der Waals surface area (Å²) < 4.78 is 17.0. The number of ether oxygens (including phenoxy) is 3. The Kier molecular flexibility index (Phi) is 64.6. The quantitative estimate of drug-likeness (QED) is 0.0261. The molecule has 0 fully saturated rings. The highest BCUT2D eigenvalue weighted by molar-refractivity contribution is 5.71. The predicted molar refractivity (Wildman–Crippen MR) is 339 cm³/mol. The van der Waals surface area contributed by atoms with Gasteiger partial charge < -0.3 is 14.2 Å². The van der Waals surface area contributed by atoms with Gasteiger partial charge in [0.25, 0.3) is 0 Å². The van der Waals surface area contributed by atoms with Gasteiger partial charge in [0, 0.05) is 19.3 Å². The van der Waals surface area contributed by atoms with Gasteiger partial charge >= 0.3 is 17.9 Å². The number of hydrogen-bond donors (Lipinski definition) is 0. The van der Waals surface area contributed by atoms with E-state index in [1.165, 1.54) is 263 Å². The van der Waals surface area contributed by atoms with Crippen molar-refractivity contribution in [3.8, 4) is 0 Å². The summed E-state index contributed by atoms with van der Waals surface area (Å²) in [7, 11) is 0. The Hall–Kier alpha value is -2.63. The van der Waals surface area contributed by atoms with Gasteiger partial charge in [0.15, 0.2) is 6.10 Å². The van der Waals surface area contributed by atoms with Crippen molar-refractivity contribution < 1.29 is 28.6 Å². The zero-order valence-electron chi connectivity index (χ0n) is 52.5. The van der Waals surface area contributed by atoms with E-state index in [0.717, 1.165) is 70.6 Å². The van der Waals surface area contributed by atoms with Gasteiger partial charge in [-0.25, -0.2) is 0 Å². The minimum absolute atomic E-state index is 0.0737. The van der Waals surface area contributed by atoms with Crippen molar-refractivity contribution >= 4 is 17.9 Å². The van der Waals surface area contributed by atoms with Crippen LogP contribution in [0.25, 0.3) is 0 Å². The first-order valence-electron chi connectivity index (χ1n) is 34.6. The summed E-state index contributed by atoms with van der Waals surface area (Å²) in [6.45, 7) is 6.66. The predicted octanol–water partition coefficient (Wildman–Crippen LogP) is 23.7. The maximum absolute atomic E-state index is 12.9. The second kappa shape index (κ2) is 66.9. The molecule has 0 aromatic rings. The summed E-state index contributed by atoms with van der Waals surface area (Å²) in [6, 6.07) is 0. The molecule has 78 heavy (non-hydrogen) atoms. The molecule has 0 aliphatic rings. The molecule has 0 spiro atoms. The molecule has 0 rings (SSSR count). The van der Waals surface area contributed by atoms with E-state index in [1.54, 1.807) is 0 Å². The zero-order valence-corrected chi connectivity index (χ0v) is 52.5. The molecule has 1 atom stereocenters. The number of unbranched alkanes of at least 4 members (excludes halogenated alkanes) is 45. The summed E-state index contributed by atoms with van der Waals surface area (Å²) in [5.41, 5.74) is 0. The molecule has 0 heterocycles. The van der Waals surface area contributed by atoms with E-state index in [2.05, 4.69) is 69.4 Å². The summed E-state index contributed by atoms with van der Waals surface area (Å²) in [5.74, 6) is -0.864. The highest BCUT2D eigenvalue weighted by Crippen LogP contribution is 2.17. The van der Waals surface area contributed by atoms with Gasteiger partial charge in [0.1, 0.15) is 13.2 Å². The van der Waals surface area contributed by atoms with Crippen LogP contribution in [0.4, 0.5) is 0 Å². The molecule has 6 heteroatoms. The van der Waals surface area contributed by atoms with Gasteiger partial charge in [-0.1, -0.05) is 301 Å². The number of carbonyl (C=O) groups is 3. The second-order valence-electron chi connectivity index (χ2n) is 23.4. The molecule has 0 radical (unpaired) electrons. The van der Waals surface area contributed by atoms with Crippen LogP contribution in [0.5, 0.6) is 0 Å². The number of carbonyl (C=O) groups excluding carboxylic acids is 3. The van der Waals surface area contributed by atoms with E-state index >= 15 is 0 Å². The molecule has 0 bridgehead atoms. The molecule has 0 aromatic carbocycles. The first-order valence-corrected chi connectivity index (χ1v) is 34.6. The lowest BCUT2D eigenvalue weighted by Crippen LogP contribution is -2.30. The van der Waals surface area contributed by atoms with Gasteiger partial charge in [0.05, 0.1) is 0 Å². The Morgan fingerprint density at radius 1 is 0.256 bits per heavy atom. The molecule has 0 aromatic heterocycles. The van der Waals surface area contributed by atoms with E-state index in [4.69, 9.17) is 14.2 Å². The van der Waals surface area contributed by atoms with Crippen molar-refractivity contribution in [1.29, 1.82) is 0 Å². The van der Waals surface area contributed by atoms with Crippen LogP contribution in [-0.4, -0.2) is 37.2 Å². The van der Waals surface area contributed by atoms with Crippen LogP contribution >= 0.6 is 0 Å². The molecule has 6 nitrogen and oxygen atoms in total. The lowest BCUT2D eigenvalue weighted by Gasteiger charge is -2.18. The van der Waals surface area contributed by atoms with Gasteiger partial charge in [0.2, 0.25) is 0 Å². The van der Waals surface area contributed by atoms with E-state index in [0.29, 0.717) is 19.3 Å². The molecule has 0 amide bonds. The Bertz CT molecular complexity index is 1350. The normalized spacial score (nSPS) is 12.3. The van der Waals surface area contributed by atoms with Crippen molar-refractivity contribution in [3.63, 3.8) is 0 Å². The average molecular weight is 1090 g/mol. The van der Waals surface area contributed by atoms with E-state index in [1.807, 2.05) is 0 Å². The van der Waals surface area contributed by atoms with Gasteiger partial charge in [-0.2, -0.15) is 0 Å². The molecule has 0 saturated heterocycles. The maximum Gasteiger partial charge on any atom is 0.306 e. The molecular weight excluding hydrogens is 961 g/mol. The Morgan fingerprint density at radius 3 is 0.718 bits per heavy atom. The Morgan fingerprint density at radius 2 is 0.462 bits per heavy atom. The van der Waals surface area contributed by atoms with Crippen LogP contribution in [-0.2, 0) is 28.6 Å². The lowest BCUT2D eigenvalue weighted by atomic mass is 10.0. The van der Waals surface area contributed by atoms with E-state index < -0.39 is 6.10 Å². The lowest BCUT2D eigenvalue weighted by molar-refractivity contribution is -0.167. The summed E-state index contributed by atoms with van der Waals surface area (Å²) in [5, 5.41) is 0. The Balaban J connectivity index is 4.21. The van der Waals surface area contributed by atoms with Gasteiger partial charge in [-0.3, -0.25) is 14.4 Å². The van der Waals surface area contributed by atoms with Crippen molar-refractivity contribution in [3.05, 3.63) is 48.6 Å². The fourth-order valence-corrected chi connectivity index (χ4v) is 10.3. The first kappa shape index (κ1) is 75.4. The SMILES string of the molecule is CCCCCCC/C=C\C/C=C\CCCCCCCCCCCCCCCCCCCC(=O)OCC(COC(=O)CCCCCCC/C=C\CCCCCCC)OC(=O)CCCCCCCCC/C=C\CCCCCCCC. The first-order chi connectivity index (χ1) is 38.5. The molecule has 456 valence electrons. The highest BCUT2D eigenvalue weighted by Gasteiger charge is 2.19. The number of hydrogen-bond acceptors (Lipinski definition) is 6. The largest absolute Gasteiger partial charge is 0.462 e. The maximum atomic E-state index is 12.9. The number of rotatable bonds is 64. The minimum atomic E-state index is -0.778. The van der Waals surface area contributed by atoms with Crippen molar-refractivity contribution in [1.82, 2.24) is 0 Å².